The Morgan fingerprint density at radius 1 is 1.33 bits per heavy atom. The van der Waals surface area contributed by atoms with E-state index in [4.69, 9.17) is 11.6 Å². The third kappa shape index (κ3) is 4.67. The van der Waals surface area contributed by atoms with Gasteiger partial charge in [0.2, 0.25) is 0 Å². The van der Waals surface area contributed by atoms with Crippen LogP contribution < -0.4 is 5.32 Å². The second-order valence-corrected chi connectivity index (χ2v) is 11.7. The maximum absolute atomic E-state index is 7.01. The molecule has 3 heteroatoms. The minimum absolute atomic E-state index is 0.153. The fourth-order valence-corrected chi connectivity index (χ4v) is 6.95. The normalized spacial score (nSPS) is 20.3. The summed E-state index contributed by atoms with van der Waals surface area (Å²) in [5, 5.41) is 4.82. The van der Waals surface area contributed by atoms with Gasteiger partial charge < -0.3 is 0 Å². The van der Waals surface area contributed by atoms with Crippen LogP contribution in [0, 0.1) is 6.92 Å². The van der Waals surface area contributed by atoms with Crippen molar-refractivity contribution in [1.29, 1.82) is 0 Å². The van der Waals surface area contributed by atoms with Crippen LogP contribution in [0.2, 0.25) is 9.20 Å². The van der Waals surface area contributed by atoms with Gasteiger partial charge in [-0.1, -0.05) is 0 Å². The Balaban J connectivity index is 2.41. The predicted molar refractivity (Wildman–Crippen MR) is 112 cm³/mol. The number of hydrogen-bond donors (Lipinski definition) is 1. The third-order valence-electron chi connectivity index (χ3n) is 5.53. The van der Waals surface area contributed by atoms with E-state index in [2.05, 4.69) is 46.0 Å². The fraction of sp³-hybridized carbons (Fsp3) is 0.714. The first kappa shape index (κ1) is 20.5. The molecular formula is C21H35ClInN. The second-order valence-electron chi connectivity index (χ2n) is 8.48. The zero-order valence-electron chi connectivity index (χ0n) is 16.6. The summed E-state index contributed by atoms with van der Waals surface area (Å²) < 4.78 is 1.44. The molecule has 0 aromatic heterocycles. The molecule has 0 radical (unpaired) electrons. The topological polar surface area (TPSA) is 12.0 Å². The van der Waals surface area contributed by atoms with Crippen LogP contribution in [0.25, 0.3) is 0 Å². The van der Waals surface area contributed by atoms with Gasteiger partial charge in [-0.25, -0.2) is 0 Å². The van der Waals surface area contributed by atoms with Crippen LogP contribution >= 0.6 is 11.6 Å². The van der Waals surface area contributed by atoms with Crippen molar-refractivity contribution >= 4 is 41.7 Å². The van der Waals surface area contributed by atoms with Gasteiger partial charge >= 0.3 is 169 Å². The number of unbranched alkanes of at least 4 members (excludes halogenated alkanes) is 2. The molecule has 134 valence electrons. The number of halogens is 1. The fourth-order valence-electron chi connectivity index (χ4n) is 4.47. The molecule has 0 amide bonds. The maximum atomic E-state index is 7.01. The molecule has 2 rings (SSSR count). The van der Waals surface area contributed by atoms with Crippen LogP contribution in [0.15, 0.2) is 6.07 Å². The molecule has 24 heavy (non-hydrogen) atoms. The molecule has 1 heterocycles. The third-order valence-corrected chi connectivity index (χ3v) is 7.60. The summed E-state index contributed by atoms with van der Waals surface area (Å²) in [6.45, 7) is 11.5. The molecule has 2 unspecified atom stereocenters. The van der Waals surface area contributed by atoms with Crippen LogP contribution in [0.4, 0.5) is 5.69 Å². The zero-order valence-corrected chi connectivity index (χ0v) is 23.0. The van der Waals surface area contributed by atoms with Gasteiger partial charge in [0.15, 0.2) is 0 Å². The van der Waals surface area contributed by atoms with E-state index in [1.54, 1.807) is 0 Å². The van der Waals surface area contributed by atoms with Crippen LogP contribution in [-0.4, -0.2) is 29.9 Å². The first-order valence-electron chi connectivity index (χ1n) is 9.91. The van der Waals surface area contributed by atoms with Crippen LogP contribution in [0.3, 0.4) is 0 Å². The summed E-state index contributed by atoms with van der Waals surface area (Å²) in [7, 11) is 0. The summed E-state index contributed by atoms with van der Waals surface area (Å²) in [5.41, 5.74) is 5.65. The Hall–Kier alpha value is 0.180. The SMILES string of the molecule is CCCCCC(C[CH2][InH2])c1cc(C)c2c(c1Cl)C(C)CC(C)(C)N2. The monoisotopic (exact) mass is 451 g/mol. The Labute approximate surface area is 168 Å². The van der Waals surface area contributed by atoms with Crippen molar-refractivity contribution in [3.63, 3.8) is 0 Å². The molecule has 0 aliphatic carbocycles. The number of aryl methyl sites for hydroxylation is 1. The van der Waals surface area contributed by atoms with E-state index >= 15 is 0 Å². The molecular weight excluding hydrogens is 417 g/mol. The average molecular weight is 452 g/mol. The van der Waals surface area contributed by atoms with Gasteiger partial charge in [-0.05, 0) is 0 Å². The first-order chi connectivity index (χ1) is 11.3. The Morgan fingerprint density at radius 2 is 2.04 bits per heavy atom. The van der Waals surface area contributed by atoms with Crippen LogP contribution in [0.1, 0.15) is 94.7 Å². The Morgan fingerprint density at radius 3 is 2.67 bits per heavy atom. The molecule has 0 bridgehead atoms. The van der Waals surface area contributed by atoms with Gasteiger partial charge in [-0.15, -0.1) is 0 Å². The molecule has 2 atom stereocenters. The van der Waals surface area contributed by atoms with E-state index in [9.17, 15) is 0 Å². The number of nitrogens with one attached hydrogen (secondary N) is 1. The van der Waals surface area contributed by atoms with Crippen LogP contribution in [-0.2, 0) is 0 Å². The van der Waals surface area contributed by atoms with E-state index < -0.39 is 0 Å². The molecule has 1 aromatic rings. The van der Waals surface area contributed by atoms with E-state index in [-0.39, 0.29) is 5.54 Å². The Bertz CT molecular complexity index is 567. The predicted octanol–water partition coefficient (Wildman–Crippen LogP) is 6.45. The molecule has 1 aliphatic heterocycles. The Kier molecular flexibility index (Phi) is 7.44. The molecule has 0 spiro atoms. The van der Waals surface area contributed by atoms with Crippen molar-refractivity contribution in [2.75, 3.05) is 5.32 Å². The van der Waals surface area contributed by atoms with Gasteiger partial charge in [-0.2, -0.15) is 0 Å². The molecule has 0 fully saturated rings. The van der Waals surface area contributed by atoms with E-state index in [1.165, 1.54) is 58.7 Å². The second kappa shape index (κ2) is 8.71. The number of anilines is 1. The van der Waals surface area contributed by atoms with Crippen molar-refractivity contribution in [3.8, 4) is 0 Å². The molecule has 0 saturated carbocycles. The van der Waals surface area contributed by atoms with Gasteiger partial charge in [-0.3, -0.25) is 0 Å². The number of fused-ring (bicyclic) bond motifs is 1. The zero-order chi connectivity index (χ0) is 17.9. The minimum atomic E-state index is 0.153. The van der Waals surface area contributed by atoms with Crippen molar-refractivity contribution < 1.29 is 0 Å². The van der Waals surface area contributed by atoms with Gasteiger partial charge in [0.05, 0.1) is 0 Å². The van der Waals surface area contributed by atoms with Crippen LogP contribution in [0.5, 0.6) is 0 Å². The van der Waals surface area contributed by atoms with E-state index in [1.807, 2.05) is 0 Å². The first-order valence-corrected chi connectivity index (χ1v) is 14.3. The summed E-state index contributed by atoms with van der Waals surface area (Å²) in [6, 6.07) is 2.39. The molecule has 1 aliphatic rings. The van der Waals surface area contributed by atoms with E-state index in [0.717, 1.165) is 35.8 Å². The summed E-state index contributed by atoms with van der Waals surface area (Å²) in [6.07, 6.45) is 7.77. The standard InChI is InChI=1S/C21H33ClN.In.2H/c1-7-9-10-11-16(8-2)17-12-14(3)20-18(19(17)22)15(4)13-21(5,6)23-20;;;/h12,15-16,23H,2,7-11,13H2,1,3-6H3;;;. The summed E-state index contributed by atoms with van der Waals surface area (Å²) >= 11 is 7.78. The molecule has 1 N–H and O–H groups in total. The molecule has 1 nitrogen and oxygen atoms in total. The number of rotatable bonds is 7. The van der Waals surface area contributed by atoms with Gasteiger partial charge in [0.25, 0.3) is 0 Å². The van der Waals surface area contributed by atoms with Gasteiger partial charge in [0, 0.05) is 0 Å². The average Bonchev–Trinajstić information content (AvgIpc) is 2.48. The van der Waals surface area contributed by atoms with Crippen molar-refractivity contribution in [3.05, 3.63) is 27.8 Å². The quantitative estimate of drug-likeness (QED) is 0.470. The number of benzene rings is 1. The van der Waals surface area contributed by atoms with E-state index in [0.29, 0.717) is 11.8 Å². The molecule has 0 saturated heterocycles. The van der Waals surface area contributed by atoms with Gasteiger partial charge in [0.1, 0.15) is 0 Å². The van der Waals surface area contributed by atoms with Crippen molar-refractivity contribution in [1.82, 2.24) is 0 Å². The summed E-state index contributed by atoms with van der Waals surface area (Å²) in [5.74, 6) is 1.19. The van der Waals surface area contributed by atoms with Crippen molar-refractivity contribution in [2.45, 2.75) is 94.7 Å². The van der Waals surface area contributed by atoms with Crippen molar-refractivity contribution in [2.24, 2.45) is 0 Å². The molecule has 1 aromatic carbocycles. The summed E-state index contributed by atoms with van der Waals surface area (Å²) in [4.78, 5) is 0. The number of hydrogen-bond acceptors (Lipinski definition) is 1.